The molecule has 0 saturated heterocycles. The lowest BCUT2D eigenvalue weighted by molar-refractivity contribution is -0.137. The minimum Gasteiger partial charge on any atom is -0.478 e. The van der Waals surface area contributed by atoms with Crippen LogP contribution in [0.15, 0.2) is 48.5 Å². The first-order chi connectivity index (χ1) is 11.3. The van der Waals surface area contributed by atoms with Crippen LogP contribution in [0.2, 0.25) is 5.02 Å². The van der Waals surface area contributed by atoms with Gasteiger partial charge in [0, 0.05) is 10.9 Å². The third kappa shape index (κ3) is 2.92. The molecule has 0 saturated carbocycles. The van der Waals surface area contributed by atoms with Crippen LogP contribution in [0.4, 0.5) is 13.2 Å². The van der Waals surface area contributed by atoms with Crippen LogP contribution >= 0.6 is 11.6 Å². The van der Waals surface area contributed by atoms with Crippen molar-refractivity contribution in [2.24, 2.45) is 0 Å². The van der Waals surface area contributed by atoms with Crippen LogP contribution in [-0.4, -0.2) is 16.1 Å². The van der Waals surface area contributed by atoms with Crippen molar-refractivity contribution in [2.75, 3.05) is 0 Å². The molecule has 122 valence electrons. The molecule has 2 aromatic carbocycles. The first-order valence-electron chi connectivity index (χ1n) is 6.77. The standard InChI is InChI=1S/C17H9ClF3NO2/c18-13-6-2-5-11-12(16(23)24)8-14(22-15(11)13)9-3-1-4-10(7-9)17(19,20)21/h1-8H,(H,23,24). The lowest BCUT2D eigenvalue weighted by atomic mass is 10.0. The number of nitrogens with zero attached hydrogens (tertiary/aromatic N) is 1. The predicted molar refractivity (Wildman–Crippen MR) is 84.2 cm³/mol. The Kier molecular flexibility index (Phi) is 3.93. The van der Waals surface area contributed by atoms with Crippen molar-refractivity contribution in [3.63, 3.8) is 0 Å². The Morgan fingerprint density at radius 1 is 1.08 bits per heavy atom. The maximum Gasteiger partial charge on any atom is 0.416 e. The van der Waals surface area contributed by atoms with Gasteiger partial charge in [0.25, 0.3) is 0 Å². The summed E-state index contributed by atoms with van der Waals surface area (Å²) in [7, 11) is 0. The number of alkyl halides is 3. The number of benzene rings is 2. The number of carboxylic acids is 1. The monoisotopic (exact) mass is 351 g/mol. The van der Waals surface area contributed by atoms with Crippen LogP contribution in [0.3, 0.4) is 0 Å². The van der Waals surface area contributed by atoms with E-state index in [1.54, 1.807) is 18.2 Å². The molecule has 0 fully saturated rings. The molecule has 0 atom stereocenters. The zero-order valence-electron chi connectivity index (χ0n) is 11.9. The highest BCUT2D eigenvalue weighted by atomic mass is 35.5. The fourth-order valence-electron chi connectivity index (χ4n) is 2.39. The van der Waals surface area contributed by atoms with Crippen molar-refractivity contribution < 1.29 is 23.1 Å². The number of carboxylic acid groups (broad SMARTS) is 1. The summed E-state index contributed by atoms with van der Waals surface area (Å²) >= 11 is 6.06. The van der Waals surface area contributed by atoms with Gasteiger partial charge in [-0.2, -0.15) is 13.2 Å². The van der Waals surface area contributed by atoms with Gasteiger partial charge in [-0.25, -0.2) is 9.78 Å². The second-order valence-corrected chi connectivity index (χ2v) is 5.48. The molecular formula is C17H9ClF3NO2. The number of aromatic carboxylic acids is 1. The van der Waals surface area contributed by atoms with E-state index in [1.165, 1.54) is 18.2 Å². The number of pyridine rings is 1. The Hall–Kier alpha value is -2.60. The summed E-state index contributed by atoms with van der Waals surface area (Å²) in [6, 6.07) is 10.5. The van der Waals surface area contributed by atoms with Crippen LogP contribution in [0.25, 0.3) is 22.2 Å². The van der Waals surface area contributed by atoms with Crippen LogP contribution < -0.4 is 0 Å². The highest BCUT2D eigenvalue weighted by molar-refractivity contribution is 6.35. The second kappa shape index (κ2) is 5.79. The highest BCUT2D eigenvalue weighted by Gasteiger charge is 2.30. The molecule has 0 aliphatic heterocycles. The third-order valence-electron chi connectivity index (χ3n) is 3.51. The van der Waals surface area contributed by atoms with Crippen molar-refractivity contribution in [1.82, 2.24) is 4.98 Å². The Morgan fingerprint density at radius 3 is 2.46 bits per heavy atom. The molecule has 0 spiro atoms. The molecule has 1 heterocycles. The third-order valence-corrected chi connectivity index (χ3v) is 3.81. The summed E-state index contributed by atoms with van der Waals surface area (Å²) in [5.41, 5.74) is -0.410. The van der Waals surface area contributed by atoms with E-state index >= 15 is 0 Å². The Labute approximate surface area is 139 Å². The van der Waals surface area contributed by atoms with Gasteiger partial charge >= 0.3 is 12.1 Å². The van der Waals surface area contributed by atoms with Crippen molar-refractivity contribution in [3.8, 4) is 11.3 Å². The van der Waals surface area contributed by atoms with Gasteiger partial charge in [0.1, 0.15) is 0 Å². The summed E-state index contributed by atoms with van der Waals surface area (Å²) in [6.45, 7) is 0. The first-order valence-corrected chi connectivity index (χ1v) is 7.15. The maximum absolute atomic E-state index is 12.9. The van der Waals surface area contributed by atoms with E-state index in [0.29, 0.717) is 5.39 Å². The number of carbonyl (C=O) groups is 1. The second-order valence-electron chi connectivity index (χ2n) is 5.07. The molecular weight excluding hydrogens is 343 g/mol. The molecule has 0 aliphatic rings. The first kappa shape index (κ1) is 16.3. The number of halogens is 4. The van der Waals surface area contributed by atoms with Gasteiger partial charge in [-0.15, -0.1) is 0 Å². The molecule has 7 heteroatoms. The lowest BCUT2D eigenvalue weighted by Gasteiger charge is -2.11. The fraction of sp³-hybridized carbons (Fsp3) is 0.0588. The van der Waals surface area contributed by atoms with Crippen LogP contribution in [0.1, 0.15) is 15.9 Å². The number of para-hydroxylation sites is 1. The van der Waals surface area contributed by atoms with Gasteiger partial charge < -0.3 is 5.11 Å². The quantitative estimate of drug-likeness (QED) is 0.684. The molecule has 0 radical (unpaired) electrons. The molecule has 0 bridgehead atoms. The maximum atomic E-state index is 12.9. The zero-order valence-corrected chi connectivity index (χ0v) is 12.7. The van der Waals surface area contributed by atoms with E-state index in [0.717, 1.165) is 12.1 Å². The topological polar surface area (TPSA) is 50.2 Å². The lowest BCUT2D eigenvalue weighted by Crippen LogP contribution is -2.05. The molecule has 1 aromatic heterocycles. The molecule has 3 aromatic rings. The summed E-state index contributed by atoms with van der Waals surface area (Å²) in [4.78, 5) is 15.7. The van der Waals surface area contributed by atoms with Crippen LogP contribution in [0.5, 0.6) is 0 Å². The molecule has 0 amide bonds. The minimum absolute atomic E-state index is 0.0742. The Balaban J connectivity index is 2.28. The SMILES string of the molecule is O=C(O)c1cc(-c2cccc(C(F)(F)F)c2)nc2c(Cl)cccc12. The number of rotatable bonds is 2. The normalized spacial score (nSPS) is 11.7. The minimum atomic E-state index is -4.50. The molecule has 3 nitrogen and oxygen atoms in total. The molecule has 0 aliphatic carbocycles. The van der Waals surface area contributed by atoms with Gasteiger partial charge in [0.2, 0.25) is 0 Å². The van der Waals surface area contributed by atoms with E-state index < -0.39 is 17.7 Å². The van der Waals surface area contributed by atoms with Crippen molar-refractivity contribution in [1.29, 1.82) is 0 Å². The van der Waals surface area contributed by atoms with E-state index in [4.69, 9.17) is 11.6 Å². The zero-order chi connectivity index (χ0) is 17.5. The largest absolute Gasteiger partial charge is 0.478 e. The van der Waals surface area contributed by atoms with Gasteiger partial charge in [-0.05, 0) is 24.3 Å². The average Bonchev–Trinajstić information content (AvgIpc) is 2.53. The van der Waals surface area contributed by atoms with E-state index in [1.807, 2.05) is 0 Å². The molecule has 1 N–H and O–H groups in total. The summed E-state index contributed by atoms with van der Waals surface area (Å²) in [5.74, 6) is -1.21. The van der Waals surface area contributed by atoms with Gasteiger partial charge in [0.15, 0.2) is 0 Å². The molecule has 24 heavy (non-hydrogen) atoms. The summed E-state index contributed by atoms with van der Waals surface area (Å²) in [6.07, 6.45) is -4.50. The number of hydrogen-bond donors (Lipinski definition) is 1. The predicted octanol–water partition coefficient (Wildman–Crippen LogP) is 5.27. The van der Waals surface area contributed by atoms with Gasteiger partial charge in [0.05, 0.1) is 27.4 Å². The summed E-state index contributed by atoms with van der Waals surface area (Å²) in [5, 5.41) is 9.93. The Morgan fingerprint density at radius 2 is 1.79 bits per heavy atom. The van der Waals surface area contributed by atoms with Gasteiger partial charge in [-0.1, -0.05) is 35.9 Å². The summed E-state index contributed by atoms with van der Waals surface area (Å²) < 4.78 is 38.6. The highest BCUT2D eigenvalue weighted by Crippen LogP contribution is 2.33. The van der Waals surface area contributed by atoms with Crippen LogP contribution in [-0.2, 0) is 6.18 Å². The van der Waals surface area contributed by atoms with E-state index in [-0.39, 0.29) is 27.4 Å². The molecule has 3 rings (SSSR count). The van der Waals surface area contributed by atoms with E-state index in [9.17, 15) is 23.1 Å². The van der Waals surface area contributed by atoms with Crippen molar-refractivity contribution in [2.45, 2.75) is 6.18 Å². The number of aromatic nitrogens is 1. The molecule has 0 unspecified atom stereocenters. The van der Waals surface area contributed by atoms with E-state index in [2.05, 4.69) is 4.98 Å². The smallest absolute Gasteiger partial charge is 0.416 e. The average molecular weight is 352 g/mol. The van der Waals surface area contributed by atoms with Crippen LogP contribution in [0, 0.1) is 0 Å². The van der Waals surface area contributed by atoms with Gasteiger partial charge in [-0.3, -0.25) is 0 Å². The number of hydrogen-bond acceptors (Lipinski definition) is 2. The van der Waals surface area contributed by atoms with Crippen molar-refractivity contribution in [3.05, 3.63) is 64.7 Å². The number of fused-ring (bicyclic) bond motifs is 1. The fourth-order valence-corrected chi connectivity index (χ4v) is 2.61. The van der Waals surface area contributed by atoms with Crippen molar-refractivity contribution >= 4 is 28.5 Å². The Bertz CT molecular complexity index is 954.